The Morgan fingerprint density at radius 1 is 1.15 bits per heavy atom. The molecule has 0 fully saturated rings. The van der Waals surface area contributed by atoms with Gasteiger partial charge in [0.25, 0.3) is 0 Å². The van der Waals surface area contributed by atoms with Gasteiger partial charge in [0.05, 0.1) is 19.9 Å². The third-order valence-corrected chi connectivity index (χ3v) is 3.52. The van der Waals surface area contributed by atoms with Gasteiger partial charge in [0.1, 0.15) is 23.9 Å². The Balaban J connectivity index is 1.70. The van der Waals surface area contributed by atoms with E-state index in [0.717, 1.165) is 4.80 Å². The molecule has 9 heteroatoms. The molecule has 8 nitrogen and oxygen atoms in total. The lowest BCUT2D eigenvalue weighted by Gasteiger charge is -2.11. The standard InChI is InChI=1S/C17H16FN5O3/c1-25-13-7-8-15(26-2)14(9-13)19-16(24)10-23-21-17(20-22-23)11-3-5-12(18)6-4-11/h3-9H,10H2,1-2H3,(H,19,24). The first kappa shape index (κ1) is 17.3. The average molecular weight is 357 g/mol. The number of ether oxygens (including phenoxy) is 2. The van der Waals surface area contributed by atoms with Crippen molar-refractivity contribution in [3.63, 3.8) is 0 Å². The van der Waals surface area contributed by atoms with Crippen LogP contribution in [-0.2, 0) is 11.3 Å². The maximum Gasteiger partial charge on any atom is 0.248 e. The summed E-state index contributed by atoms with van der Waals surface area (Å²) in [4.78, 5) is 13.4. The van der Waals surface area contributed by atoms with Gasteiger partial charge >= 0.3 is 0 Å². The van der Waals surface area contributed by atoms with Gasteiger partial charge in [-0.2, -0.15) is 4.80 Å². The van der Waals surface area contributed by atoms with Gasteiger partial charge in [-0.05, 0) is 41.6 Å². The van der Waals surface area contributed by atoms with Crippen LogP contribution in [0.2, 0.25) is 0 Å². The molecule has 1 amide bonds. The SMILES string of the molecule is COc1ccc(OC)c(NC(=O)Cn2nnc(-c3ccc(F)cc3)n2)c1. The molecule has 0 spiro atoms. The Morgan fingerprint density at radius 2 is 1.92 bits per heavy atom. The molecule has 1 heterocycles. The minimum absolute atomic E-state index is 0.144. The molecule has 0 aliphatic rings. The minimum atomic E-state index is -0.361. The molecular weight excluding hydrogens is 341 g/mol. The topological polar surface area (TPSA) is 91.2 Å². The fraction of sp³-hybridized carbons (Fsp3) is 0.176. The van der Waals surface area contributed by atoms with Gasteiger partial charge in [0.15, 0.2) is 0 Å². The smallest absolute Gasteiger partial charge is 0.248 e. The number of aromatic nitrogens is 4. The highest BCUT2D eigenvalue weighted by Gasteiger charge is 2.12. The predicted octanol–water partition coefficient (Wildman–Crippen LogP) is 2.14. The quantitative estimate of drug-likeness (QED) is 0.727. The molecule has 0 saturated heterocycles. The van der Waals surface area contributed by atoms with Crippen LogP contribution in [0.3, 0.4) is 0 Å². The van der Waals surface area contributed by atoms with Gasteiger partial charge in [0.2, 0.25) is 11.7 Å². The van der Waals surface area contributed by atoms with Crippen molar-refractivity contribution in [2.75, 3.05) is 19.5 Å². The molecule has 1 aromatic heterocycles. The van der Waals surface area contributed by atoms with Crippen molar-refractivity contribution in [3.05, 3.63) is 48.3 Å². The molecule has 2 aromatic carbocycles. The van der Waals surface area contributed by atoms with E-state index in [9.17, 15) is 9.18 Å². The van der Waals surface area contributed by atoms with Crippen LogP contribution >= 0.6 is 0 Å². The highest BCUT2D eigenvalue weighted by atomic mass is 19.1. The Bertz CT molecular complexity index is 911. The van der Waals surface area contributed by atoms with Crippen LogP contribution in [0.1, 0.15) is 0 Å². The summed E-state index contributed by atoms with van der Waals surface area (Å²) in [6.07, 6.45) is 0. The Labute approximate surface area is 148 Å². The van der Waals surface area contributed by atoms with Crippen LogP contribution in [0.25, 0.3) is 11.4 Å². The summed E-state index contributed by atoms with van der Waals surface area (Å²) >= 11 is 0. The zero-order valence-electron chi connectivity index (χ0n) is 14.1. The van der Waals surface area contributed by atoms with E-state index in [1.54, 1.807) is 18.2 Å². The van der Waals surface area contributed by atoms with Gasteiger partial charge in [-0.3, -0.25) is 4.79 Å². The number of methoxy groups -OCH3 is 2. The van der Waals surface area contributed by atoms with E-state index in [1.165, 1.54) is 38.5 Å². The molecule has 1 N–H and O–H groups in total. The lowest BCUT2D eigenvalue weighted by atomic mass is 10.2. The molecule has 0 unspecified atom stereocenters. The van der Waals surface area contributed by atoms with E-state index in [1.807, 2.05) is 0 Å². The fourth-order valence-corrected chi connectivity index (χ4v) is 2.25. The number of benzene rings is 2. The summed E-state index contributed by atoms with van der Waals surface area (Å²) in [5.74, 6) is 0.667. The van der Waals surface area contributed by atoms with Crippen molar-refractivity contribution in [2.45, 2.75) is 6.54 Å². The van der Waals surface area contributed by atoms with Crippen LogP contribution in [0.4, 0.5) is 10.1 Å². The predicted molar refractivity (Wildman–Crippen MR) is 91.4 cm³/mol. The number of anilines is 1. The van der Waals surface area contributed by atoms with E-state index in [4.69, 9.17) is 9.47 Å². The van der Waals surface area contributed by atoms with E-state index in [-0.39, 0.29) is 18.3 Å². The molecule has 0 atom stereocenters. The summed E-state index contributed by atoms with van der Waals surface area (Å²) in [5, 5.41) is 14.6. The fourth-order valence-electron chi connectivity index (χ4n) is 2.25. The number of hydrogen-bond acceptors (Lipinski definition) is 6. The second kappa shape index (κ2) is 7.60. The maximum absolute atomic E-state index is 13.0. The van der Waals surface area contributed by atoms with Gasteiger partial charge < -0.3 is 14.8 Å². The Hall–Kier alpha value is -3.49. The van der Waals surface area contributed by atoms with Crippen LogP contribution in [0.5, 0.6) is 11.5 Å². The molecule has 3 rings (SSSR count). The summed E-state index contributed by atoms with van der Waals surface area (Å²) < 4.78 is 23.3. The summed E-state index contributed by atoms with van der Waals surface area (Å²) in [7, 11) is 3.04. The van der Waals surface area contributed by atoms with Gasteiger partial charge in [-0.15, -0.1) is 10.2 Å². The van der Waals surface area contributed by atoms with Gasteiger partial charge in [-0.25, -0.2) is 4.39 Å². The third kappa shape index (κ3) is 3.94. The molecule has 0 radical (unpaired) electrons. The second-order valence-corrected chi connectivity index (χ2v) is 5.26. The molecule has 26 heavy (non-hydrogen) atoms. The number of carbonyl (C=O) groups is 1. The average Bonchev–Trinajstić information content (AvgIpc) is 3.10. The largest absolute Gasteiger partial charge is 0.497 e. The zero-order valence-corrected chi connectivity index (χ0v) is 14.1. The van der Waals surface area contributed by atoms with E-state index >= 15 is 0 Å². The first-order valence-electron chi connectivity index (χ1n) is 7.64. The van der Waals surface area contributed by atoms with Crippen molar-refractivity contribution in [2.24, 2.45) is 0 Å². The molecule has 134 valence electrons. The molecule has 0 aliphatic heterocycles. The van der Waals surface area contributed by atoms with Crippen molar-refractivity contribution in [1.82, 2.24) is 20.2 Å². The monoisotopic (exact) mass is 357 g/mol. The summed E-state index contributed by atoms with van der Waals surface area (Å²) in [6, 6.07) is 10.7. The number of tetrazole rings is 1. The number of nitrogens with one attached hydrogen (secondary N) is 1. The van der Waals surface area contributed by atoms with E-state index in [0.29, 0.717) is 28.6 Å². The van der Waals surface area contributed by atoms with Crippen molar-refractivity contribution >= 4 is 11.6 Å². The second-order valence-electron chi connectivity index (χ2n) is 5.26. The van der Waals surface area contributed by atoms with Crippen molar-refractivity contribution in [3.8, 4) is 22.9 Å². The number of halogens is 1. The van der Waals surface area contributed by atoms with E-state index in [2.05, 4.69) is 20.7 Å². The highest BCUT2D eigenvalue weighted by molar-refractivity contribution is 5.92. The number of hydrogen-bond donors (Lipinski definition) is 1. The molecule has 3 aromatic rings. The van der Waals surface area contributed by atoms with E-state index < -0.39 is 0 Å². The molecular formula is C17H16FN5O3. The summed E-state index contributed by atoms with van der Waals surface area (Å²) in [6.45, 7) is -0.144. The third-order valence-electron chi connectivity index (χ3n) is 3.52. The first-order chi connectivity index (χ1) is 12.6. The first-order valence-corrected chi connectivity index (χ1v) is 7.64. The molecule has 0 saturated carbocycles. The lowest BCUT2D eigenvalue weighted by Crippen LogP contribution is -2.20. The number of nitrogens with zero attached hydrogens (tertiary/aromatic N) is 4. The van der Waals surface area contributed by atoms with Crippen LogP contribution in [0.15, 0.2) is 42.5 Å². The van der Waals surface area contributed by atoms with Crippen molar-refractivity contribution in [1.29, 1.82) is 0 Å². The number of carbonyl (C=O) groups excluding carboxylic acids is 1. The molecule has 0 aliphatic carbocycles. The van der Waals surface area contributed by atoms with Crippen molar-refractivity contribution < 1.29 is 18.7 Å². The Morgan fingerprint density at radius 3 is 2.62 bits per heavy atom. The normalized spacial score (nSPS) is 10.4. The zero-order chi connectivity index (χ0) is 18.5. The Kier molecular flexibility index (Phi) is 5.07. The van der Waals surface area contributed by atoms with Crippen LogP contribution in [-0.4, -0.2) is 40.3 Å². The minimum Gasteiger partial charge on any atom is -0.497 e. The molecule has 0 bridgehead atoms. The van der Waals surface area contributed by atoms with Gasteiger partial charge in [0, 0.05) is 11.6 Å². The van der Waals surface area contributed by atoms with Crippen LogP contribution < -0.4 is 14.8 Å². The number of rotatable bonds is 6. The maximum atomic E-state index is 13.0. The van der Waals surface area contributed by atoms with Crippen LogP contribution in [0, 0.1) is 5.82 Å². The lowest BCUT2D eigenvalue weighted by molar-refractivity contribution is -0.117. The number of amides is 1. The highest BCUT2D eigenvalue weighted by Crippen LogP contribution is 2.28. The summed E-state index contributed by atoms with van der Waals surface area (Å²) in [5.41, 5.74) is 1.07. The van der Waals surface area contributed by atoms with Gasteiger partial charge in [-0.1, -0.05) is 0 Å².